The molecule has 1 aliphatic rings. The first kappa shape index (κ1) is 16.3. The minimum Gasteiger partial charge on any atom is -0.367 e. The SMILES string of the molecule is Cc1cc(C)n(-c2cc(N3CCc4ccccc4C3)ccc2[N+](=O)[O-])n1. The van der Waals surface area contributed by atoms with Gasteiger partial charge in [-0.25, -0.2) is 4.68 Å². The van der Waals surface area contributed by atoms with E-state index in [1.165, 1.54) is 11.1 Å². The van der Waals surface area contributed by atoms with Crippen LogP contribution in [0.2, 0.25) is 0 Å². The molecule has 132 valence electrons. The zero-order valence-corrected chi connectivity index (χ0v) is 14.8. The molecule has 1 aromatic heterocycles. The molecule has 3 aromatic rings. The number of nitro groups is 1. The molecule has 0 saturated heterocycles. The van der Waals surface area contributed by atoms with Crippen LogP contribution in [0.15, 0.2) is 48.5 Å². The highest BCUT2D eigenvalue weighted by atomic mass is 16.6. The van der Waals surface area contributed by atoms with Gasteiger partial charge >= 0.3 is 0 Å². The number of hydrogen-bond donors (Lipinski definition) is 0. The highest BCUT2D eigenvalue weighted by Gasteiger charge is 2.22. The second-order valence-electron chi connectivity index (χ2n) is 6.71. The molecule has 0 saturated carbocycles. The number of hydrogen-bond acceptors (Lipinski definition) is 4. The predicted octanol–water partition coefficient (Wildman–Crippen LogP) is 3.96. The van der Waals surface area contributed by atoms with Crippen LogP contribution in [0.1, 0.15) is 22.5 Å². The Morgan fingerprint density at radius 2 is 1.85 bits per heavy atom. The van der Waals surface area contributed by atoms with Gasteiger partial charge < -0.3 is 4.90 Å². The van der Waals surface area contributed by atoms with Gasteiger partial charge in [-0.1, -0.05) is 24.3 Å². The van der Waals surface area contributed by atoms with Gasteiger partial charge in [0.05, 0.1) is 10.6 Å². The van der Waals surface area contributed by atoms with Gasteiger partial charge in [-0.15, -0.1) is 0 Å². The largest absolute Gasteiger partial charge is 0.367 e. The number of aromatic nitrogens is 2. The lowest BCUT2D eigenvalue weighted by Gasteiger charge is -2.31. The molecule has 2 heterocycles. The van der Waals surface area contributed by atoms with E-state index in [0.717, 1.165) is 36.6 Å². The number of anilines is 1. The van der Waals surface area contributed by atoms with Crippen LogP contribution in [0.3, 0.4) is 0 Å². The third-order valence-electron chi connectivity index (χ3n) is 4.89. The topological polar surface area (TPSA) is 64.2 Å². The van der Waals surface area contributed by atoms with E-state index in [9.17, 15) is 10.1 Å². The molecule has 4 rings (SSSR count). The van der Waals surface area contributed by atoms with Gasteiger partial charge in [0.1, 0.15) is 5.69 Å². The Bertz CT molecular complexity index is 993. The third kappa shape index (κ3) is 2.83. The summed E-state index contributed by atoms with van der Waals surface area (Å²) in [5, 5.41) is 16.0. The van der Waals surface area contributed by atoms with E-state index >= 15 is 0 Å². The summed E-state index contributed by atoms with van der Waals surface area (Å²) in [6, 6.07) is 15.7. The summed E-state index contributed by atoms with van der Waals surface area (Å²) in [6.07, 6.45) is 0.975. The second-order valence-corrected chi connectivity index (χ2v) is 6.71. The normalized spacial score (nSPS) is 13.5. The fourth-order valence-corrected chi connectivity index (χ4v) is 3.62. The Hall–Kier alpha value is -3.15. The van der Waals surface area contributed by atoms with Crippen LogP contribution in [-0.4, -0.2) is 21.2 Å². The Morgan fingerprint density at radius 3 is 2.54 bits per heavy atom. The summed E-state index contributed by atoms with van der Waals surface area (Å²) in [5.74, 6) is 0. The van der Waals surface area contributed by atoms with Crippen molar-refractivity contribution in [1.82, 2.24) is 9.78 Å². The van der Waals surface area contributed by atoms with Crippen LogP contribution in [0.25, 0.3) is 5.69 Å². The van der Waals surface area contributed by atoms with Crippen molar-refractivity contribution in [3.63, 3.8) is 0 Å². The van der Waals surface area contributed by atoms with Gasteiger partial charge in [-0.2, -0.15) is 5.10 Å². The first-order valence-corrected chi connectivity index (χ1v) is 8.67. The van der Waals surface area contributed by atoms with Crippen LogP contribution >= 0.6 is 0 Å². The average molecular weight is 348 g/mol. The van der Waals surface area contributed by atoms with Gasteiger partial charge in [-0.3, -0.25) is 10.1 Å². The summed E-state index contributed by atoms with van der Waals surface area (Å²) < 4.78 is 1.66. The molecular formula is C20H20N4O2. The standard InChI is InChI=1S/C20H20N4O2/c1-14-11-15(2)23(21-14)20-12-18(7-8-19(20)24(25)26)22-10-9-16-5-3-4-6-17(16)13-22/h3-8,11-12H,9-10,13H2,1-2H3. The van der Waals surface area contributed by atoms with Crippen molar-refractivity contribution in [2.45, 2.75) is 26.8 Å². The molecule has 0 amide bonds. The summed E-state index contributed by atoms with van der Waals surface area (Å²) in [4.78, 5) is 13.4. The molecule has 6 nitrogen and oxygen atoms in total. The minimum atomic E-state index is -0.346. The van der Waals surface area contributed by atoms with E-state index in [1.807, 2.05) is 32.0 Å². The first-order chi connectivity index (χ1) is 12.5. The summed E-state index contributed by atoms with van der Waals surface area (Å²) >= 11 is 0. The number of rotatable bonds is 3. The third-order valence-corrected chi connectivity index (χ3v) is 4.89. The maximum atomic E-state index is 11.5. The van der Waals surface area contributed by atoms with Crippen molar-refractivity contribution in [2.24, 2.45) is 0 Å². The van der Waals surface area contributed by atoms with Gasteiger partial charge in [-0.05, 0) is 49.6 Å². The molecule has 0 radical (unpaired) electrons. The fourth-order valence-electron chi connectivity index (χ4n) is 3.62. The van der Waals surface area contributed by atoms with E-state index in [0.29, 0.717) is 5.69 Å². The first-order valence-electron chi connectivity index (χ1n) is 8.67. The smallest absolute Gasteiger partial charge is 0.295 e. The Morgan fingerprint density at radius 1 is 1.08 bits per heavy atom. The lowest BCUT2D eigenvalue weighted by atomic mass is 9.99. The van der Waals surface area contributed by atoms with Crippen LogP contribution in [0, 0.1) is 24.0 Å². The van der Waals surface area contributed by atoms with Gasteiger partial charge in [0.25, 0.3) is 5.69 Å². The molecule has 0 fully saturated rings. The molecule has 26 heavy (non-hydrogen) atoms. The zero-order valence-electron chi connectivity index (χ0n) is 14.8. The van der Waals surface area contributed by atoms with Crippen molar-refractivity contribution >= 4 is 11.4 Å². The highest BCUT2D eigenvalue weighted by Crippen LogP contribution is 2.31. The zero-order chi connectivity index (χ0) is 18.3. The Labute approximate surface area is 151 Å². The summed E-state index contributed by atoms with van der Waals surface area (Å²) in [7, 11) is 0. The van der Waals surface area contributed by atoms with Crippen molar-refractivity contribution in [2.75, 3.05) is 11.4 Å². The second kappa shape index (κ2) is 6.29. The van der Waals surface area contributed by atoms with E-state index < -0.39 is 0 Å². The molecule has 0 spiro atoms. The maximum Gasteiger partial charge on any atom is 0.295 e. The van der Waals surface area contributed by atoms with E-state index in [4.69, 9.17) is 0 Å². The van der Waals surface area contributed by atoms with E-state index in [-0.39, 0.29) is 10.6 Å². The van der Waals surface area contributed by atoms with Crippen molar-refractivity contribution in [3.05, 3.63) is 81.2 Å². The molecule has 0 aliphatic carbocycles. The molecule has 0 unspecified atom stereocenters. The molecule has 0 bridgehead atoms. The predicted molar refractivity (Wildman–Crippen MR) is 101 cm³/mol. The van der Waals surface area contributed by atoms with E-state index in [1.54, 1.807) is 10.7 Å². The van der Waals surface area contributed by atoms with Crippen LogP contribution < -0.4 is 4.90 Å². The number of aryl methyl sites for hydroxylation is 2. The molecule has 0 N–H and O–H groups in total. The molecule has 6 heteroatoms. The minimum absolute atomic E-state index is 0.0670. The number of nitro benzene ring substituents is 1. The summed E-state index contributed by atoms with van der Waals surface area (Å²) in [6.45, 7) is 5.50. The monoisotopic (exact) mass is 348 g/mol. The maximum absolute atomic E-state index is 11.5. The Kier molecular flexibility index (Phi) is 3.95. The van der Waals surface area contributed by atoms with Crippen molar-refractivity contribution in [3.8, 4) is 5.69 Å². The van der Waals surface area contributed by atoms with Gasteiger partial charge in [0.2, 0.25) is 0 Å². The fraction of sp³-hybridized carbons (Fsp3) is 0.250. The average Bonchev–Trinajstić information content (AvgIpc) is 2.98. The quantitative estimate of drug-likeness (QED) is 0.531. The van der Waals surface area contributed by atoms with Gasteiger partial charge in [0, 0.05) is 30.5 Å². The Balaban J connectivity index is 1.76. The highest BCUT2D eigenvalue weighted by molar-refractivity contribution is 5.63. The summed E-state index contributed by atoms with van der Waals surface area (Å²) in [5.41, 5.74) is 5.97. The lowest BCUT2D eigenvalue weighted by molar-refractivity contribution is -0.384. The number of nitrogens with zero attached hydrogens (tertiary/aromatic N) is 4. The van der Waals surface area contributed by atoms with Crippen LogP contribution in [-0.2, 0) is 13.0 Å². The van der Waals surface area contributed by atoms with Crippen LogP contribution in [0.5, 0.6) is 0 Å². The van der Waals surface area contributed by atoms with Crippen LogP contribution in [0.4, 0.5) is 11.4 Å². The molecule has 1 aliphatic heterocycles. The van der Waals surface area contributed by atoms with Crippen molar-refractivity contribution < 1.29 is 4.92 Å². The molecule has 2 aromatic carbocycles. The number of fused-ring (bicyclic) bond motifs is 1. The van der Waals surface area contributed by atoms with E-state index in [2.05, 4.69) is 34.3 Å². The lowest BCUT2D eigenvalue weighted by Crippen LogP contribution is -2.30. The van der Waals surface area contributed by atoms with Gasteiger partial charge in [0.15, 0.2) is 0 Å². The number of benzene rings is 2. The molecule has 0 atom stereocenters. The van der Waals surface area contributed by atoms with Crippen molar-refractivity contribution in [1.29, 1.82) is 0 Å². The molecular weight excluding hydrogens is 328 g/mol.